The molecule has 0 aliphatic carbocycles. The number of sulfonamides is 1. The van der Waals surface area contributed by atoms with Crippen molar-refractivity contribution in [2.24, 2.45) is 0 Å². The van der Waals surface area contributed by atoms with Gasteiger partial charge in [-0.2, -0.15) is 0 Å². The molecule has 0 saturated heterocycles. The average Bonchev–Trinajstić information content (AvgIpc) is 2.48. The molecule has 2 rings (SSSR count). The van der Waals surface area contributed by atoms with Gasteiger partial charge in [-0.1, -0.05) is 65.0 Å². The van der Waals surface area contributed by atoms with Gasteiger partial charge in [-0.15, -0.1) is 0 Å². The molecule has 0 amide bonds. The summed E-state index contributed by atoms with van der Waals surface area (Å²) in [6.45, 7) is 12.4. The van der Waals surface area contributed by atoms with Crippen LogP contribution in [0.15, 0.2) is 47.4 Å². The molecular formula is C20H27NO2S. The highest BCUT2D eigenvalue weighted by Crippen LogP contribution is 2.30. The summed E-state index contributed by atoms with van der Waals surface area (Å²) in [6.07, 6.45) is 0. The maximum Gasteiger partial charge on any atom is 0.261 e. The summed E-state index contributed by atoms with van der Waals surface area (Å²) in [5, 5.41) is 0. The van der Waals surface area contributed by atoms with Gasteiger partial charge in [0.05, 0.1) is 10.6 Å². The van der Waals surface area contributed by atoms with Crippen LogP contribution in [-0.4, -0.2) is 8.42 Å². The molecule has 0 unspecified atom stereocenters. The van der Waals surface area contributed by atoms with Gasteiger partial charge in [0, 0.05) is 0 Å². The predicted molar refractivity (Wildman–Crippen MR) is 101 cm³/mol. The van der Waals surface area contributed by atoms with Crippen LogP contribution in [0.3, 0.4) is 0 Å². The molecule has 2 aromatic rings. The molecule has 4 heteroatoms. The van der Waals surface area contributed by atoms with E-state index >= 15 is 0 Å². The predicted octanol–water partition coefficient (Wildman–Crippen LogP) is 5.22. The number of para-hydroxylation sites is 1. The van der Waals surface area contributed by atoms with E-state index < -0.39 is 10.0 Å². The molecule has 0 spiro atoms. The Labute approximate surface area is 146 Å². The van der Waals surface area contributed by atoms with E-state index in [-0.39, 0.29) is 16.2 Å². The zero-order valence-corrected chi connectivity index (χ0v) is 16.2. The fourth-order valence-electron chi connectivity index (χ4n) is 2.64. The molecule has 1 N–H and O–H groups in total. The maximum absolute atomic E-state index is 12.8. The molecule has 0 fully saturated rings. The minimum absolute atomic E-state index is 0.00342. The van der Waals surface area contributed by atoms with Crippen LogP contribution in [0.4, 0.5) is 5.69 Å². The van der Waals surface area contributed by atoms with Crippen molar-refractivity contribution in [3.05, 3.63) is 59.2 Å². The normalized spacial score (nSPS) is 12.5. The zero-order valence-electron chi connectivity index (χ0n) is 15.3. The average molecular weight is 346 g/mol. The van der Waals surface area contributed by atoms with Gasteiger partial charge in [0.1, 0.15) is 0 Å². The fourth-order valence-corrected chi connectivity index (χ4v) is 3.80. The molecule has 0 radical (unpaired) electrons. The Hall–Kier alpha value is -1.81. The Bertz CT molecular complexity index is 814. The summed E-state index contributed by atoms with van der Waals surface area (Å²) < 4.78 is 28.3. The SMILES string of the molecule is Cc1cccc(C(C)C)c1NS(=O)(=O)c1ccc(C(C)(C)C)cc1. The first kappa shape index (κ1) is 18.5. The van der Waals surface area contributed by atoms with Crippen LogP contribution in [0.1, 0.15) is 57.2 Å². The van der Waals surface area contributed by atoms with E-state index in [1.165, 1.54) is 0 Å². The van der Waals surface area contributed by atoms with Gasteiger partial charge in [0.25, 0.3) is 10.0 Å². The minimum Gasteiger partial charge on any atom is -0.279 e. The first-order valence-corrected chi connectivity index (χ1v) is 9.73. The monoisotopic (exact) mass is 345 g/mol. The van der Waals surface area contributed by atoms with Crippen molar-refractivity contribution in [1.82, 2.24) is 0 Å². The van der Waals surface area contributed by atoms with E-state index in [1.54, 1.807) is 12.1 Å². The number of rotatable bonds is 4. The molecule has 3 nitrogen and oxygen atoms in total. The lowest BCUT2D eigenvalue weighted by atomic mass is 9.87. The second kappa shape index (κ2) is 6.60. The van der Waals surface area contributed by atoms with Crippen LogP contribution in [0.2, 0.25) is 0 Å². The Morgan fingerprint density at radius 3 is 2.04 bits per heavy atom. The third-order valence-electron chi connectivity index (χ3n) is 4.19. The molecule has 2 aromatic carbocycles. The summed E-state index contributed by atoms with van der Waals surface area (Å²) >= 11 is 0. The molecular weight excluding hydrogens is 318 g/mol. The highest BCUT2D eigenvalue weighted by Gasteiger charge is 2.20. The molecule has 0 saturated carbocycles. The van der Waals surface area contributed by atoms with E-state index in [4.69, 9.17) is 0 Å². The molecule has 0 aromatic heterocycles. The lowest BCUT2D eigenvalue weighted by molar-refractivity contribution is 0.587. The summed E-state index contributed by atoms with van der Waals surface area (Å²) in [7, 11) is -3.60. The van der Waals surface area contributed by atoms with Crippen molar-refractivity contribution in [3.8, 4) is 0 Å². The number of hydrogen-bond donors (Lipinski definition) is 1. The highest BCUT2D eigenvalue weighted by molar-refractivity contribution is 7.92. The van der Waals surface area contributed by atoms with Crippen LogP contribution in [0.25, 0.3) is 0 Å². The second-order valence-electron chi connectivity index (χ2n) is 7.57. The Morgan fingerprint density at radius 2 is 1.54 bits per heavy atom. The molecule has 0 aliphatic rings. The Kier molecular flexibility index (Phi) is 5.09. The third kappa shape index (κ3) is 3.99. The standard InChI is InChI=1S/C20H27NO2S/c1-14(2)18-9-7-8-15(3)19(18)21-24(22,23)17-12-10-16(11-13-17)20(4,5)6/h7-14,21H,1-6H3. The molecule has 0 bridgehead atoms. The van der Waals surface area contributed by atoms with E-state index in [1.807, 2.05) is 37.3 Å². The van der Waals surface area contributed by atoms with Gasteiger partial charge >= 0.3 is 0 Å². The first-order valence-electron chi connectivity index (χ1n) is 8.25. The highest BCUT2D eigenvalue weighted by atomic mass is 32.2. The number of benzene rings is 2. The van der Waals surface area contributed by atoms with Gasteiger partial charge in [-0.25, -0.2) is 8.42 Å². The number of aryl methyl sites for hydroxylation is 1. The van der Waals surface area contributed by atoms with Gasteiger partial charge in [-0.3, -0.25) is 4.72 Å². The van der Waals surface area contributed by atoms with E-state index in [2.05, 4.69) is 39.3 Å². The van der Waals surface area contributed by atoms with Gasteiger partial charge in [-0.05, 0) is 47.1 Å². The fraction of sp³-hybridized carbons (Fsp3) is 0.400. The van der Waals surface area contributed by atoms with E-state index in [0.29, 0.717) is 5.69 Å². The van der Waals surface area contributed by atoms with Crippen molar-refractivity contribution >= 4 is 15.7 Å². The van der Waals surface area contributed by atoms with Crippen molar-refractivity contribution in [2.45, 2.75) is 57.8 Å². The van der Waals surface area contributed by atoms with Crippen LogP contribution in [0, 0.1) is 6.92 Å². The van der Waals surface area contributed by atoms with Gasteiger partial charge in [0.15, 0.2) is 0 Å². The second-order valence-corrected chi connectivity index (χ2v) is 9.26. The van der Waals surface area contributed by atoms with Crippen molar-refractivity contribution in [3.63, 3.8) is 0 Å². The van der Waals surface area contributed by atoms with Gasteiger partial charge in [0.2, 0.25) is 0 Å². The Balaban J connectivity index is 2.40. The third-order valence-corrected chi connectivity index (χ3v) is 5.56. The van der Waals surface area contributed by atoms with Crippen molar-refractivity contribution in [1.29, 1.82) is 0 Å². The van der Waals surface area contributed by atoms with E-state index in [0.717, 1.165) is 16.7 Å². The summed E-state index contributed by atoms with van der Waals surface area (Å²) in [5.74, 6) is 0.242. The van der Waals surface area contributed by atoms with Crippen molar-refractivity contribution in [2.75, 3.05) is 4.72 Å². The smallest absolute Gasteiger partial charge is 0.261 e. The first-order chi connectivity index (χ1) is 11.0. The number of anilines is 1. The molecule has 0 heterocycles. The zero-order chi connectivity index (χ0) is 18.1. The number of nitrogens with one attached hydrogen (secondary N) is 1. The molecule has 24 heavy (non-hydrogen) atoms. The minimum atomic E-state index is -3.60. The molecule has 130 valence electrons. The summed E-state index contributed by atoms with van der Waals surface area (Å²) in [4.78, 5) is 0.286. The van der Waals surface area contributed by atoms with Crippen LogP contribution >= 0.6 is 0 Å². The van der Waals surface area contributed by atoms with Crippen molar-refractivity contribution < 1.29 is 8.42 Å². The van der Waals surface area contributed by atoms with E-state index in [9.17, 15) is 8.42 Å². The molecule has 0 aliphatic heterocycles. The summed E-state index contributed by atoms with van der Waals surface area (Å²) in [5.41, 5.74) is 3.73. The molecule has 0 atom stereocenters. The van der Waals surface area contributed by atoms with Crippen LogP contribution in [-0.2, 0) is 15.4 Å². The summed E-state index contributed by atoms with van der Waals surface area (Å²) in [6, 6.07) is 13.0. The topological polar surface area (TPSA) is 46.2 Å². The lowest BCUT2D eigenvalue weighted by Gasteiger charge is -2.20. The Morgan fingerprint density at radius 1 is 0.958 bits per heavy atom. The largest absolute Gasteiger partial charge is 0.279 e. The van der Waals surface area contributed by atoms with Crippen LogP contribution < -0.4 is 4.72 Å². The lowest BCUT2D eigenvalue weighted by Crippen LogP contribution is -2.16. The number of hydrogen-bond acceptors (Lipinski definition) is 2. The quantitative estimate of drug-likeness (QED) is 0.826. The van der Waals surface area contributed by atoms with Crippen LogP contribution in [0.5, 0.6) is 0 Å². The maximum atomic E-state index is 12.8. The van der Waals surface area contributed by atoms with Gasteiger partial charge < -0.3 is 0 Å².